The van der Waals surface area contributed by atoms with Gasteiger partial charge in [-0.1, -0.05) is 0 Å². The summed E-state index contributed by atoms with van der Waals surface area (Å²) in [6.45, 7) is 7.38. The molecule has 1 saturated heterocycles. The first-order valence-electron chi connectivity index (χ1n) is 9.83. The van der Waals surface area contributed by atoms with Gasteiger partial charge in [-0.05, 0) is 26.8 Å². The third-order valence-corrected chi connectivity index (χ3v) is 4.27. The van der Waals surface area contributed by atoms with E-state index >= 15 is 0 Å². The van der Waals surface area contributed by atoms with Gasteiger partial charge in [0.05, 0.1) is 24.6 Å². The number of anilines is 2. The first-order valence-corrected chi connectivity index (χ1v) is 9.83. The van der Waals surface area contributed by atoms with E-state index in [-0.39, 0.29) is 18.3 Å². The third-order valence-electron chi connectivity index (χ3n) is 4.27. The molecular formula is C20H27N5O4. The molecule has 0 bridgehead atoms. The van der Waals surface area contributed by atoms with Gasteiger partial charge in [-0.25, -0.2) is 19.7 Å². The van der Waals surface area contributed by atoms with Crippen molar-refractivity contribution >= 4 is 17.6 Å². The molecule has 156 valence electrons. The fraction of sp³-hybridized carbons (Fsp3) is 0.500. The van der Waals surface area contributed by atoms with Crippen molar-refractivity contribution < 1.29 is 19.0 Å². The van der Waals surface area contributed by atoms with E-state index in [9.17, 15) is 4.79 Å². The molecule has 3 heterocycles. The molecule has 29 heavy (non-hydrogen) atoms. The summed E-state index contributed by atoms with van der Waals surface area (Å²) in [6, 6.07) is 5.41. The van der Waals surface area contributed by atoms with Gasteiger partial charge in [-0.2, -0.15) is 0 Å². The number of amides is 1. The summed E-state index contributed by atoms with van der Waals surface area (Å²) < 4.78 is 16.6. The third kappa shape index (κ3) is 6.20. The van der Waals surface area contributed by atoms with Crippen LogP contribution in [0.15, 0.2) is 30.7 Å². The molecule has 0 aromatic carbocycles. The minimum Gasteiger partial charge on any atom is -0.478 e. The highest BCUT2D eigenvalue weighted by Gasteiger charge is 2.25. The second kappa shape index (κ2) is 9.90. The fourth-order valence-corrected chi connectivity index (χ4v) is 2.91. The fourth-order valence-electron chi connectivity index (χ4n) is 2.91. The number of hydrogen-bond donors (Lipinski definition) is 1. The Kier molecular flexibility index (Phi) is 7.04. The van der Waals surface area contributed by atoms with Crippen molar-refractivity contribution in [2.45, 2.75) is 45.8 Å². The molecule has 2 aromatic heterocycles. The minimum atomic E-state index is -0.268. The molecule has 9 heteroatoms. The van der Waals surface area contributed by atoms with Gasteiger partial charge in [-0.15, -0.1) is 0 Å². The predicted octanol–water partition coefficient (Wildman–Crippen LogP) is 3.40. The Hall–Kier alpha value is -3.10. The molecule has 1 aliphatic rings. The molecule has 0 aliphatic carbocycles. The van der Waals surface area contributed by atoms with Crippen molar-refractivity contribution in [2.24, 2.45) is 0 Å². The average molecular weight is 401 g/mol. The largest absolute Gasteiger partial charge is 0.478 e. The number of pyridine rings is 1. The van der Waals surface area contributed by atoms with Crippen LogP contribution in [0.3, 0.4) is 0 Å². The number of likely N-dealkylation sites (tertiary alicyclic amines) is 1. The topological polar surface area (TPSA) is 98.7 Å². The van der Waals surface area contributed by atoms with E-state index in [0.29, 0.717) is 37.3 Å². The minimum absolute atomic E-state index is 0.00649. The zero-order valence-electron chi connectivity index (χ0n) is 17.0. The lowest BCUT2D eigenvalue weighted by Gasteiger charge is -2.31. The number of piperidine rings is 1. The van der Waals surface area contributed by atoms with Crippen molar-refractivity contribution in [2.75, 3.05) is 25.0 Å². The molecule has 1 N–H and O–H groups in total. The van der Waals surface area contributed by atoms with E-state index < -0.39 is 0 Å². The highest BCUT2D eigenvalue weighted by Crippen LogP contribution is 2.22. The van der Waals surface area contributed by atoms with Gasteiger partial charge in [0, 0.05) is 38.1 Å². The van der Waals surface area contributed by atoms with Gasteiger partial charge >= 0.3 is 6.09 Å². The van der Waals surface area contributed by atoms with Crippen LogP contribution in [0.4, 0.5) is 16.3 Å². The summed E-state index contributed by atoms with van der Waals surface area (Å²) in [7, 11) is 0. The van der Waals surface area contributed by atoms with Crippen LogP contribution in [0, 0.1) is 0 Å². The molecule has 1 fully saturated rings. The van der Waals surface area contributed by atoms with E-state index in [1.165, 1.54) is 6.33 Å². The standard InChI is InChI=1S/C20H27N5O4/c1-4-27-18-6-5-15(12-21-18)24-17-11-19(23-13-22-17)29-16-7-9-25(10-8-16)20(26)28-14(2)3/h5-6,11-14,16H,4,7-10H2,1-3H3,(H,22,23,24). The number of carbonyl (C=O) groups is 1. The van der Waals surface area contributed by atoms with Crippen LogP contribution in [-0.4, -0.2) is 57.8 Å². The SMILES string of the molecule is CCOc1ccc(Nc2cc(OC3CCN(C(=O)OC(C)C)CC3)ncn2)cn1. The smallest absolute Gasteiger partial charge is 0.410 e. The van der Waals surface area contributed by atoms with Gasteiger partial charge < -0.3 is 24.4 Å². The molecule has 3 rings (SSSR count). The quantitative estimate of drug-likeness (QED) is 0.754. The van der Waals surface area contributed by atoms with Crippen molar-refractivity contribution in [1.29, 1.82) is 0 Å². The number of ether oxygens (including phenoxy) is 3. The maximum absolute atomic E-state index is 12.0. The number of aromatic nitrogens is 3. The summed E-state index contributed by atoms with van der Waals surface area (Å²) in [5.41, 5.74) is 0.787. The zero-order valence-corrected chi connectivity index (χ0v) is 17.0. The van der Waals surface area contributed by atoms with Crippen LogP contribution in [0.1, 0.15) is 33.6 Å². The monoisotopic (exact) mass is 401 g/mol. The van der Waals surface area contributed by atoms with E-state index in [1.807, 2.05) is 26.8 Å². The molecule has 0 saturated carbocycles. The van der Waals surface area contributed by atoms with Gasteiger partial charge in [0.15, 0.2) is 0 Å². The van der Waals surface area contributed by atoms with Crippen LogP contribution in [0.2, 0.25) is 0 Å². The summed E-state index contributed by atoms with van der Waals surface area (Å²) in [6.07, 6.45) is 4.19. The Labute approximate surface area is 170 Å². The number of nitrogens with zero attached hydrogens (tertiary/aromatic N) is 4. The lowest BCUT2D eigenvalue weighted by Crippen LogP contribution is -2.42. The first kappa shape index (κ1) is 20.6. The Morgan fingerprint density at radius 2 is 2.00 bits per heavy atom. The molecular weight excluding hydrogens is 374 g/mol. The predicted molar refractivity (Wildman–Crippen MR) is 108 cm³/mol. The number of rotatable bonds is 7. The molecule has 0 radical (unpaired) electrons. The number of hydrogen-bond acceptors (Lipinski definition) is 8. The Morgan fingerprint density at radius 3 is 2.66 bits per heavy atom. The highest BCUT2D eigenvalue weighted by molar-refractivity contribution is 5.67. The van der Waals surface area contributed by atoms with Crippen molar-refractivity contribution in [1.82, 2.24) is 19.9 Å². The van der Waals surface area contributed by atoms with Crippen molar-refractivity contribution in [3.05, 3.63) is 30.7 Å². The van der Waals surface area contributed by atoms with Gasteiger partial charge in [-0.3, -0.25) is 0 Å². The molecule has 1 aliphatic heterocycles. The summed E-state index contributed by atoms with van der Waals surface area (Å²) in [5, 5.41) is 3.17. The Balaban J connectivity index is 1.52. The van der Waals surface area contributed by atoms with E-state index in [0.717, 1.165) is 18.5 Å². The number of carbonyl (C=O) groups excluding carboxylic acids is 1. The van der Waals surface area contributed by atoms with Crippen LogP contribution in [0.25, 0.3) is 0 Å². The van der Waals surface area contributed by atoms with Gasteiger partial charge in [0.1, 0.15) is 18.2 Å². The Bertz CT molecular complexity index is 792. The normalized spacial score (nSPS) is 14.6. The molecule has 0 spiro atoms. The second-order valence-corrected chi connectivity index (χ2v) is 6.92. The molecule has 2 aromatic rings. The van der Waals surface area contributed by atoms with Gasteiger partial charge in [0.25, 0.3) is 0 Å². The van der Waals surface area contributed by atoms with Crippen molar-refractivity contribution in [3.8, 4) is 11.8 Å². The summed E-state index contributed by atoms with van der Waals surface area (Å²) in [5.74, 6) is 1.68. The van der Waals surface area contributed by atoms with Crippen LogP contribution < -0.4 is 14.8 Å². The maximum Gasteiger partial charge on any atom is 0.410 e. The van der Waals surface area contributed by atoms with Crippen molar-refractivity contribution in [3.63, 3.8) is 0 Å². The highest BCUT2D eigenvalue weighted by atomic mass is 16.6. The van der Waals surface area contributed by atoms with E-state index in [4.69, 9.17) is 14.2 Å². The van der Waals surface area contributed by atoms with Crippen LogP contribution >= 0.6 is 0 Å². The van der Waals surface area contributed by atoms with Crippen LogP contribution in [0.5, 0.6) is 11.8 Å². The van der Waals surface area contributed by atoms with E-state index in [2.05, 4.69) is 20.3 Å². The second-order valence-electron chi connectivity index (χ2n) is 6.92. The molecule has 0 unspecified atom stereocenters. The molecule has 9 nitrogen and oxygen atoms in total. The Morgan fingerprint density at radius 1 is 1.21 bits per heavy atom. The number of nitrogens with one attached hydrogen (secondary N) is 1. The average Bonchev–Trinajstić information content (AvgIpc) is 2.70. The van der Waals surface area contributed by atoms with E-state index in [1.54, 1.807) is 23.2 Å². The lowest BCUT2D eigenvalue weighted by molar-refractivity contribution is 0.0507. The summed E-state index contributed by atoms with van der Waals surface area (Å²) >= 11 is 0. The first-order chi connectivity index (χ1) is 14.0. The molecule has 0 atom stereocenters. The lowest BCUT2D eigenvalue weighted by atomic mass is 10.1. The van der Waals surface area contributed by atoms with Crippen LogP contribution in [-0.2, 0) is 4.74 Å². The zero-order chi connectivity index (χ0) is 20.6. The maximum atomic E-state index is 12.0. The van der Waals surface area contributed by atoms with Gasteiger partial charge in [0.2, 0.25) is 11.8 Å². The summed E-state index contributed by atoms with van der Waals surface area (Å²) in [4.78, 5) is 26.3. The molecule has 1 amide bonds.